The first-order chi connectivity index (χ1) is 9.24. The first kappa shape index (κ1) is 12.2. The average Bonchev–Trinajstić information content (AvgIpc) is 2.43. The first-order valence-electron chi connectivity index (χ1n) is 6.82. The number of rotatable bonds is 2. The number of nitrogens with two attached hydrogens (primary N) is 1. The van der Waals surface area contributed by atoms with Crippen LogP contribution in [0.3, 0.4) is 0 Å². The molecule has 0 bridgehead atoms. The Morgan fingerprint density at radius 1 is 1.21 bits per heavy atom. The van der Waals surface area contributed by atoms with Crippen LogP contribution in [0.5, 0.6) is 0 Å². The van der Waals surface area contributed by atoms with Crippen molar-refractivity contribution in [2.24, 2.45) is 0 Å². The largest absolute Gasteiger partial charge is 0.398 e. The molecule has 3 rings (SSSR count). The number of nitrogens with zero attached hydrogens (tertiary/aromatic N) is 2. The molecule has 1 saturated heterocycles. The second kappa shape index (κ2) is 5.05. The molecule has 19 heavy (non-hydrogen) atoms. The van der Waals surface area contributed by atoms with Gasteiger partial charge in [0.2, 0.25) is 0 Å². The van der Waals surface area contributed by atoms with Crippen LogP contribution < -0.4 is 11.1 Å². The third-order valence-electron chi connectivity index (χ3n) is 3.90. The molecule has 3 N–H and O–H groups in total. The summed E-state index contributed by atoms with van der Waals surface area (Å²) in [5.41, 5.74) is 6.83. The summed E-state index contributed by atoms with van der Waals surface area (Å²) in [4.78, 5) is 6.85. The molecule has 4 nitrogen and oxygen atoms in total. The Hall–Kier alpha value is -1.81. The predicted octanol–water partition coefficient (Wildman–Crippen LogP) is 2.32. The second-order valence-electron chi connectivity index (χ2n) is 5.32. The van der Waals surface area contributed by atoms with Gasteiger partial charge >= 0.3 is 0 Å². The number of pyridine rings is 1. The Labute approximate surface area is 113 Å². The standard InChI is InChI=1S/C15H20N4/c1-19-9-6-11(7-10-19)18-15-13-3-2-4-14(16)12(13)5-8-17-15/h2-5,8,11H,6-7,9-10,16H2,1H3,(H,17,18). The molecule has 0 atom stereocenters. The number of anilines is 2. The smallest absolute Gasteiger partial charge is 0.134 e. The SMILES string of the molecule is CN1CCC(Nc2nccc3c(N)cccc23)CC1. The van der Waals surface area contributed by atoms with Crippen molar-refractivity contribution in [1.82, 2.24) is 9.88 Å². The topological polar surface area (TPSA) is 54.2 Å². The second-order valence-corrected chi connectivity index (χ2v) is 5.32. The van der Waals surface area contributed by atoms with Gasteiger partial charge in [-0.15, -0.1) is 0 Å². The highest BCUT2D eigenvalue weighted by Gasteiger charge is 2.17. The minimum absolute atomic E-state index is 0.510. The van der Waals surface area contributed by atoms with Gasteiger partial charge < -0.3 is 16.0 Å². The van der Waals surface area contributed by atoms with Crippen molar-refractivity contribution < 1.29 is 0 Å². The summed E-state index contributed by atoms with van der Waals surface area (Å²) >= 11 is 0. The van der Waals surface area contributed by atoms with Crippen molar-refractivity contribution in [3.8, 4) is 0 Å². The summed E-state index contributed by atoms with van der Waals surface area (Å²) in [6.07, 6.45) is 4.16. The molecule has 0 saturated carbocycles. The lowest BCUT2D eigenvalue weighted by Crippen LogP contribution is -2.36. The minimum Gasteiger partial charge on any atom is -0.398 e. The van der Waals surface area contributed by atoms with Crippen LogP contribution >= 0.6 is 0 Å². The van der Waals surface area contributed by atoms with Crippen molar-refractivity contribution >= 4 is 22.3 Å². The fourth-order valence-corrected chi connectivity index (χ4v) is 2.69. The van der Waals surface area contributed by atoms with Crippen LogP contribution in [-0.2, 0) is 0 Å². The molecule has 0 radical (unpaired) electrons. The number of aromatic nitrogens is 1. The van der Waals surface area contributed by atoms with Gasteiger partial charge in [0.15, 0.2) is 0 Å². The zero-order chi connectivity index (χ0) is 13.2. The van der Waals surface area contributed by atoms with Gasteiger partial charge in [0.25, 0.3) is 0 Å². The maximum absolute atomic E-state index is 6.01. The first-order valence-corrected chi connectivity index (χ1v) is 6.82. The van der Waals surface area contributed by atoms with Crippen molar-refractivity contribution in [3.63, 3.8) is 0 Å². The highest BCUT2D eigenvalue weighted by molar-refractivity contribution is 5.99. The van der Waals surface area contributed by atoms with Crippen LogP contribution in [0.2, 0.25) is 0 Å². The zero-order valence-electron chi connectivity index (χ0n) is 11.3. The van der Waals surface area contributed by atoms with Gasteiger partial charge in [0, 0.05) is 28.7 Å². The van der Waals surface area contributed by atoms with Crippen LogP contribution in [0, 0.1) is 0 Å². The van der Waals surface area contributed by atoms with Gasteiger partial charge in [-0.2, -0.15) is 0 Å². The average molecular weight is 256 g/mol. The lowest BCUT2D eigenvalue weighted by Gasteiger charge is -2.30. The van der Waals surface area contributed by atoms with E-state index in [1.54, 1.807) is 0 Å². The maximum atomic E-state index is 6.01. The van der Waals surface area contributed by atoms with Gasteiger partial charge in [-0.05, 0) is 45.1 Å². The molecule has 100 valence electrons. The highest BCUT2D eigenvalue weighted by atomic mass is 15.1. The molecule has 0 unspecified atom stereocenters. The third-order valence-corrected chi connectivity index (χ3v) is 3.90. The van der Waals surface area contributed by atoms with E-state index in [4.69, 9.17) is 5.73 Å². The lowest BCUT2D eigenvalue weighted by molar-refractivity contribution is 0.264. The predicted molar refractivity (Wildman–Crippen MR) is 80.3 cm³/mol. The van der Waals surface area contributed by atoms with Crippen molar-refractivity contribution in [2.45, 2.75) is 18.9 Å². The van der Waals surface area contributed by atoms with E-state index in [0.29, 0.717) is 6.04 Å². The van der Waals surface area contributed by atoms with E-state index in [0.717, 1.165) is 48.2 Å². The van der Waals surface area contributed by atoms with E-state index >= 15 is 0 Å². The molecule has 0 aliphatic carbocycles. The molecule has 1 aliphatic rings. The molecule has 0 amide bonds. The highest BCUT2D eigenvalue weighted by Crippen LogP contribution is 2.27. The quantitative estimate of drug-likeness (QED) is 0.810. The van der Waals surface area contributed by atoms with E-state index < -0.39 is 0 Å². The van der Waals surface area contributed by atoms with Crippen molar-refractivity contribution in [1.29, 1.82) is 0 Å². The number of likely N-dealkylation sites (tertiary alicyclic amines) is 1. The third kappa shape index (κ3) is 2.49. The van der Waals surface area contributed by atoms with Gasteiger partial charge in [0.1, 0.15) is 5.82 Å². The van der Waals surface area contributed by atoms with Crippen LogP contribution in [0.4, 0.5) is 11.5 Å². The van der Waals surface area contributed by atoms with Crippen molar-refractivity contribution in [2.75, 3.05) is 31.2 Å². The molecule has 2 aromatic rings. The van der Waals surface area contributed by atoms with Gasteiger partial charge in [-0.3, -0.25) is 0 Å². The molecule has 2 heterocycles. The molecule has 4 heteroatoms. The number of nitrogen functional groups attached to an aromatic ring is 1. The van der Waals surface area contributed by atoms with Gasteiger partial charge in [-0.25, -0.2) is 4.98 Å². The monoisotopic (exact) mass is 256 g/mol. The van der Waals surface area contributed by atoms with Gasteiger partial charge in [0.05, 0.1) is 0 Å². The summed E-state index contributed by atoms with van der Waals surface area (Å²) in [6.45, 7) is 2.29. The van der Waals surface area contributed by atoms with Crippen LogP contribution in [0.15, 0.2) is 30.5 Å². The van der Waals surface area contributed by atoms with E-state index in [9.17, 15) is 0 Å². The number of hydrogen-bond acceptors (Lipinski definition) is 4. The summed E-state index contributed by atoms with van der Waals surface area (Å²) in [5, 5.41) is 5.77. The maximum Gasteiger partial charge on any atom is 0.134 e. The van der Waals surface area contributed by atoms with E-state index in [1.807, 2.05) is 24.4 Å². The Balaban J connectivity index is 1.87. The number of fused-ring (bicyclic) bond motifs is 1. The summed E-state index contributed by atoms with van der Waals surface area (Å²) < 4.78 is 0. The van der Waals surface area contributed by atoms with E-state index in [-0.39, 0.29) is 0 Å². The molecule has 1 aliphatic heterocycles. The van der Waals surface area contributed by atoms with E-state index in [2.05, 4.69) is 28.3 Å². The Bertz CT molecular complexity index is 573. The minimum atomic E-state index is 0.510. The van der Waals surface area contributed by atoms with Gasteiger partial charge in [-0.1, -0.05) is 12.1 Å². The summed E-state index contributed by atoms with van der Waals surface area (Å²) in [7, 11) is 2.17. The molecular formula is C15H20N4. The summed E-state index contributed by atoms with van der Waals surface area (Å²) in [5.74, 6) is 0.958. The molecule has 1 aromatic carbocycles. The summed E-state index contributed by atoms with van der Waals surface area (Å²) in [6, 6.07) is 8.48. The fraction of sp³-hybridized carbons (Fsp3) is 0.400. The fourth-order valence-electron chi connectivity index (χ4n) is 2.69. The van der Waals surface area contributed by atoms with Crippen LogP contribution in [0.1, 0.15) is 12.8 Å². The number of hydrogen-bond donors (Lipinski definition) is 2. The van der Waals surface area contributed by atoms with Crippen molar-refractivity contribution in [3.05, 3.63) is 30.5 Å². The number of nitrogens with one attached hydrogen (secondary N) is 1. The lowest BCUT2D eigenvalue weighted by atomic mass is 10.0. The van der Waals surface area contributed by atoms with Crippen LogP contribution in [0.25, 0.3) is 10.8 Å². The zero-order valence-corrected chi connectivity index (χ0v) is 11.3. The normalized spacial score (nSPS) is 17.7. The Morgan fingerprint density at radius 2 is 2.00 bits per heavy atom. The molecular weight excluding hydrogens is 236 g/mol. The number of benzene rings is 1. The molecule has 1 fully saturated rings. The Kier molecular flexibility index (Phi) is 3.25. The molecule has 1 aromatic heterocycles. The molecule has 0 spiro atoms. The van der Waals surface area contributed by atoms with Crippen LogP contribution in [-0.4, -0.2) is 36.1 Å². The van der Waals surface area contributed by atoms with E-state index in [1.165, 1.54) is 0 Å². The Morgan fingerprint density at radius 3 is 2.79 bits per heavy atom. The number of piperidine rings is 1.